The van der Waals surface area contributed by atoms with Crippen molar-refractivity contribution < 1.29 is 18.3 Å². The van der Waals surface area contributed by atoms with Crippen molar-refractivity contribution in [2.45, 2.75) is 19.8 Å². The zero-order valence-electron chi connectivity index (χ0n) is 10.7. The van der Waals surface area contributed by atoms with Gasteiger partial charge in [-0.05, 0) is 20.5 Å². The van der Waals surface area contributed by atoms with Crippen molar-refractivity contribution in [2.24, 2.45) is 0 Å². The SMILES string of the molecule is CCCN(CCN(C)C)S(=O)(=O)CCC(=O)O. The number of carboxylic acid groups (broad SMARTS) is 1. The molecule has 0 aromatic rings. The van der Waals surface area contributed by atoms with E-state index in [4.69, 9.17) is 5.11 Å². The molecule has 0 amide bonds. The summed E-state index contributed by atoms with van der Waals surface area (Å²) in [5.74, 6) is -1.41. The molecule has 0 unspecified atom stereocenters. The van der Waals surface area contributed by atoms with Crippen molar-refractivity contribution in [2.75, 3.05) is 39.5 Å². The van der Waals surface area contributed by atoms with Gasteiger partial charge in [-0.15, -0.1) is 0 Å². The number of hydrogen-bond acceptors (Lipinski definition) is 4. The van der Waals surface area contributed by atoms with Gasteiger partial charge < -0.3 is 10.0 Å². The second-order valence-electron chi connectivity index (χ2n) is 4.16. The monoisotopic (exact) mass is 266 g/mol. The molecule has 0 aliphatic carbocycles. The summed E-state index contributed by atoms with van der Waals surface area (Å²) in [6.45, 7) is 3.38. The Kier molecular flexibility index (Phi) is 7.33. The number of aliphatic carboxylic acids is 1. The molecular formula is C10H22N2O4S. The molecule has 0 bridgehead atoms. The normalized spacial score (nSPS) is 12.3. The fourth-order valence-corrected chi connectivity index (χ4v) is 2.81. The van der Waals surface area contributed by atoms with Gasteiger partial charge >= 0.3 is 5.97 Å². The fourth-order valence-electron chi connectivity index (χ4n) is 1.30. The number of sulfonamides is 1. The number of carbonyl (C=O) groups is 1. The van der Waals surface area contributed by atoms with Crippen LogP contribution in [0.25, 0.3) is 0 Å². The maximum Gasteiger partial charge on any atom is 0.304 e. The third-order valence-corrected chi connectivity index (χ3v) is 4.11. The number of rotatable bonds is 9. The van der Waals surface area contributed by atoms with E-state index >= 15 is 0 Å². The van der Waals surface area contributed by atoms with Crippen LogP contribution in [0.15, 0.2) is 0 Å². The molecule has 102 valence electrons. The summed E-state index contributed by atoms with van der Waals surface area (Å²) in [5, 5.41) is 8.52. The Labute approximate surface area is 103 Å². The Bertz CT molecular complexity index is 327. The lowest BCUT2D eigenvalue weighted by molar-refractivity contribution is -0.136. The van der Waals surface area contributed by atoms with Gasteiger partial charge in [0.05, 0.1) is 12.2 Å². The van der Waals surface area contributed by atoms with E-state index in [0.29, 0.717) is 19.6 Å². The Balaban J connectivity index is 4.49. The van der Waals surface area contributed by atoms with E-state index in [9.17, 15) is 13.2 Å². The van der Waals surface area contributed by atoms with E-state index in [1.165, 1.54) is 4.31 Å². The predicted molar refractivity (Wildman–Crippen MR) is 66.5 cm³/mol. The minimum Gasteiger partial charge on any atom is -0.481 e. The molecule has 1 N–H and O–H groups in total. The van der Waals surface area contributed by atoms with Crippen molar-refractivity contribution in [3.8, 4) is 0 Å². The van der Waals surface area contributed by atoms with E-state index in [1.807, 2.05) is 25.9 Å². The molecular weight excluding hydrogens is 244 g/mol. The molecule has 0 atom stereocenters. The first kappa shape index (κ1) is 16.3. The van der Waals surface area contributed by atoms with Gasteiger partial charge in [-0.1, -0.05) is 6.92 Å². The maximum absolute atomic E-state index is 11.9. The minimum absolute atomic E-state index is 0.324. The highest BCUT2D eigenvalue weighted by Crippen LogP contribution is 2.05. The fraction of sp³-hybridized carbons (Fsp3) is 0.900. The molecule has 0 aliphatic heterocycles. The number of nitrogens with zero attached hydrogens (tertiary/aromatic N) is 2. The third kappa shape index (κ3) is 7.30. The summed E-state index contributed by atoms with van der Waals surface area (Å²) < 4.78 is 25.1. The topological polar surface area (TPSA) is 77.9 Å². The van der Waals surface area contributed by atoms with Crippen LogP contribution >= 0.6 is 0 Å². The lowest BCUT2D eigenvalue weighted by Crippen LogP contribution is -2.38. The molecule has 17 heavy (non-hydrogen) atoms. The average Bonchev–Trinajstić information content (AvgIpc) is 2.21. The average molecular weight is 266 g/mol. The smallest absolute Gasteiger partial charge is 0.304 e. The molecule has 0 rings (SSSR count). The van der Waals surface area contributed by atoms with Crippen LogP contribution in [0.1, 0.15) is 19.8 Å². The summed E-state index contributed by atoms with van der Waals surface area (Å²) in [4.78, 5) is 12.3. The molecule has 0 saturated carbocycles. The predicted octanol–water partition coefficient (Wildman–Crippen LogP) is 0.0645. The van der Waals surface area contributed by atoms with Gasteiger partial charge in [0.25, 0.3) is 0 Å². The molecule has 0 aliphatic rings. The van der Waals surface area contributed by atoms with Gasteiger partial charge in [0.15, 0.2) is 0 Å². The highest BCUT2D eigenvalue weighted by atomic mass is 32.2. The van der Waals surface area contributed by atoms with Crippen molar-refractivity contribution >= 4 is 16.0 Å². The maximum atomic E-state index is 11.9. The molecule has 0 radical (unpaired) electrons. The number of likely N-dealkylation sites (N-methyl/N-ethyl adjacent to an activating group) is 1. The van der Waals surface area contributed by atoms with Crippen LogP contribution in [0, 0.1) is 0 Å². The van der Waals surface area contributed by atoms with Gasteiger partial charge in [-0.25, -0.2) is 12.7 Å². The van der Waals surface area contributed by atoms with E-state index in [1.54, 1.807) is 0 Å². The molecule has 7 heteroatoms. The summed E-state index contributed by atoms with van der Waals surface area (Å²) in [7, 11) is 0.289. The van der Waals surface area contributed by atoms with Crippen LogP contribution in [0.3, 0.4) is 0 Å². The van der Waals surface area contributed by atoms with Gasteiger partial charge in [0.2, 0.25) is 10.0 Å². The van der Waals surface area contributed by atoms with Crippen LogP contribution in [-0.2, 0) is 14.8 Å². The Morgan fingerprint density at radius 2 is 1.76 bits per heavy atom. The number of hydrogen-bond donors (Lipinski definition) is 1. The largest absolute Gasteiger partial charge is 0.481 e. The molecule has 0 aromatic heterocycles. The van der Waals surface area contributed by atoms with Crippen molar-refractivity contribution in [3.05, 3.63) is 0 Å². The van der Waals surface area contributed by atoms with Gasteiger partial charge in [-0.2, -0.15) is 0 Å². The molecule has 0 heterocycles. The molecule has 0 aromatic carbocycles. The van der Waals surface area contributed by atoms with E-state index in [2.05, 4.69) is 0 Å². The quantitative estimate of drug-likeness (QED) is 0.639. The van der Waals surface area contributed by atoms with Crippen LogP contribution in [0.5, 0.6) is 0 Å². The third-order valence-electron chi connectivity index (χ3n) is 2.24. The lowest BCUT2D eigenvalue weighted by atomic mass is 10.4. The first-order valence-electron chi connectivity index (χ1n) is 5.64. The zero-order valence-corrected chi connectivity index (χ0v) is 11.5. The molecule has 0 fully saturated rings. The summed E-state index contributed by atoms with van der Waals surface area (Å²) in [6, 6.07) is 0. The standard InChI is InChI=1S/C10H22N2O4S/c1-4-6-12(8-7-11(2)3)17(15,16)9-5-10(13)14/h4-9H2,1-3H3,(H,13,14). The lowest BCUT2D eigenvalue weighted by Gasteiger charge is -2.23. The zero-order chi connectivity index (χ0) is 13.5. The second-order valence-corrected chi connectivity index (χ2v) is 6.25. The van der Waals surface area contributed by atoms with E-state index in [0.717, 1.165) is 6.42 Å². The molecule has 0 spiro atoms. The summed E-state index contributed by atoms with van der Waals surface area (Å²) in [6.07, 6.45) is 0.379. The van der Waals surface area contributed by atoms with Crippen LogP contribution < -0.4 is 0 Å². The Hall–Kier alpha value is -0.660. The van der Waals surface area contributed by atoms with Crippen molar-refractivity contribution in [3.63, 3.8) is 0 Å². The Morgan fingerprint density at radius 3 is 2.18 bits per heavy atom. The van der Waals surface area contributed by atoms with Gasteiger partial charge in [-0.3, -0.25) is 4.79 Å². The van der Waals surface area contributed by atoms with E-state index in [-0.39, 0.29) is 12.2 Å². The highest BCUT2D eigenvalue weighted by molar-refractivity contribution is 7.89. The van der Waals surface area contributed by atoms with Crippen LogP contribution in [-0.4, -0.2) is 68.2 Å². The van der Waals surface area contributed by atoms with Gasteiger partial charge in [0, 0.05) is 19.6 Å². The molecule has 6 nitrogen and oxygen atoms in total. The highest BCUT2D eigenvalue weighted by Gasteiger charge is 2.21. The second kappa shape index (κ2) is 7.62. The van der Waals surface area contributed by atoms with Crippen LogP contribution in [0.4, 0.5) is 0 Å². The molecule has 0 saturated heterocycles. The van der Waals surface area contributed by atoms with Crippen molar-refractivity contribution in [1.82, 2.24) is 9.21 Å². The number of carboxylic acids is 1. The van der Waals surface area contributed by atoms with Crippen molar-refractivity contribution in [1.29, 1.82) is 0 Å². The Morgan fingerprint density at radius 1 is 1.18 bits per heavy atom. The summed E-state index contributed by atoms with van der Waals surface area (Å²) >= 11 is 0. The van der Waals surface area contributed by atoms with Gasteiger partial charge in [0.1, 0.15) is 0 Å². The first-order valence-corrected chi connectivity index (χ1v) is 7.25. The minimum atomic E-state index is -3.45. The van der Waals surface area contributed by atoms with Crippen LogP contribution in [0.2, 0.25) is 0 Å². The van der Waals surface area contributed by atoms with E-state index < -0.39 is 16.0 Å². The first-order chi connectivity index (χ1) is 7.79. The summed E-state index contributed by atoms with van der Waals surface area (Å²) in [5.41, 5.74) is 0.